The fourth-order valence-electron chi connectivity index (χ4n) is 1.68. The van der Waals surface area contributed by atoms with E-state index in [1.54, 1.807) is 18.2 Å². The summed E-state index contributed by atoms with van der Waals surface area (Å²) in [6.45, 7) is -0.152. The first kappa shape index (κ1) is 13.9. The van der Waals surface area contributed by atoms with Crippen LogP contribution >= 0.6 is 23.2 Å². The summed E-state index contributed by atoms with van der Waals surface area (Å²) in [5.74, 6) is -1.15. The number of aromatic carboxylic acids is 1. The monoisotopic (exact) mass is 300 g/mol. The number of hydrogen-bond donors (Lipinski definition) is 2. The van der Waals surface area contributed by atoms with Crippen molar-refractivity contribution in [3.05, 3.63) is 45.7 Å². The van der Waals surface area contributed by atoms with Gasteiger partial charge in [-0.25, -0.2) is 9.48 Å². The summed E-state index contributed by atoms with van der Waals surface area (Å²) in [4.78, 5) is 11.1. The highest BCUT2D eigenvalue weighted by Crippen LogP contribution is 2.25. The Balaban J connectivity index is 2.50. The third kappa shape index (κ3) is 2.89. The van der Waals surface area contributed by atoms with Gasteiger partial charge in [0.25, 0.3) is 0 Å². The van der Waals surface area contributed by atoms with E-state index in [1.807, 2.05) is 0 Å². The van der Waals surface area contributed by atoms with Crippen LogP contribution in [0.15, 0.2) is 24.4 Å². The van der Waals surface area contributed by atoms with E-state index in [9.17, 15) is 4.79 Å². The second kappa shape index (κ2) is 5.61. The van der Waals surface area contributed by atoms with E-state index in [-0.39, 0.29) is 18.7 Å². The normalized spacial score (nSPS) is 10.7. The summed E-state index contributed by atoms with van der Waals surface area (Å²) in [5, 5.41) is 22.8. The van der Waals surface area contributed by atoms with E-state index < -0.39 is 5.97 Å². The second-order valence-corrected chi connectivity index (χ2v) is 4.67. The molecular formula is C12H10Cl2N2O3. The van der Waals surface area contributed by atoms with E-state index in [2.05, 4.69) is 5.10 Å². The number of aliphatic hydroxyl groups is 1. The van der Waals surface area contributed by atoms with Gasteiger partial charge >= 0.3 is 5.97 Å². The van der Waals surface area contributed by atoms with Gasteiger partial charge in [-0.05, 0) is 24.6 Å². The van der Waals surface area contributed by atoms with Crippen molar-refractivity contribution < 1.29 is 15.0 Å². The van der Waals surface area contributed by atoms with Gasteiger partial charge in [0.05, 0.1) is 10.7 Å². The molecule has 2 rings (SSSR count). The third-order valence-corrected chi connectivity index (χ3v) is 3.07. The van der Waals surface area contributed by atoms with Crippen LogP contribution in [0.1, 0.15) is 16.1 Å². The summed E-state index contributed by atoms with van der Waals surface area (Å²) in [5.41, 5.74) is 0.874. The van der Waals surface area contributed by atoms with Crippen molar-refractivity contribution >= 4 is 29.2 Å². The average molecular weight is 301 g/mol. The second-order valence-electron chi connectivity index (χ2n) is 3.82. The lowest BCUT2D eigenvalue weighted by Gasteiger charge is -2.03. The SMILES string of the molecule is O=C(O)c1nn(-c2ccc(Cl)cc2Cl)cc1CCO. The topological polar surface area (TPSA) is 75.3 Å². The van der Waals surface area contributed by atoms with Crippen molar-refractivity contribution in [3.63, 3.8) is 0 Å². The summed E-state index contributed by atoms with van der Waals surface area (Å²) >= 11 is 11.8. The predicted octanol–water partition coefficient (Wildman–Crippen LogP) is 2.41. The molecule has 19 heavy (non-hydrogen) atoms. The maximum Gasteiger partial charge on any atom is 0.356 e. The molecule has 0 fully saturated rings. The highest BCUT2D eigenvalue weighted by molar-refractivity contribution is 6.35. The van der Waals surface area contributed by atoms with Crippen LogP contribution in [-0.4, -0.2) is 32.6 Å². The Morgan fingerprint density at radius 3 is 2.68 bits per heavy atom. The van der Waals surface area contributed by atoms with E-state index in [0.29, 0.717) is 21.3 Å². The zero-order valence-corrected chi connectivity index (χ0v) is 11.2. The minimum atomic E-state index is -1.15. The van der Waals surface area contributed by atoms with E-state index in [1.165, 1.54) is 10.9 Å². The number of hydrogen-bond acceptors (Lipinski definition) is 3. The van der Waals surface area contributed by atoms with Gasteiger partial charge in [0, 0.05) is 23.4 Å². The molecule has 0 spiro atoms. The molecule has 0 atom stereocenters. The molecule has 0 aliphatic rings. The Morgan fingerprint density at radius 2 is 2.11 bits per heavy atom. The first-order valence-corrected chi connectivity index (χ1v) is 6.16. The van der Waals surface area contributed by atoms with Gasteiger partial charge in [-0.3, -0.25) is 0 Å². The lowest BCUT2D eigenvalue weighted by atomic mass is 10.2. The molecule has 2 aromatic rings. The van der Waals surface area contributed by atoms with E-state index >= 15 is 0 Å². The zero-order chi connectivity index (χ0) is 14.0. The molecule has 1 aromatic carbocycles. The molecule has 0 saturated carbocycles. The molecule has 0 amide bonds. The van der Waals surface area contributed by atoms with Crippen molar-refractivity contribution in [2.75, 3.05) is 6.61 Å². The molecule has 1 aromatic heterocycles. The number of rotatable bonds is 4. The van der Waals surface area contributed by atoms with Crippen molar-refractivity contribution in [1.29, 1.82) is 0 Å². The molecule has 0 aliphatic heterocycles. The van der Waals surface area contributed by atoms with Gasteiger partial charge in [-0.1, -0.05) is 23.2 Å². The van der Waals surface area contributed by atoms with Gasteiger partial charge in [-0.15, -0.1) is 0 Å². The van der Waals surface area contributed by atoms with Crippen LogP contribution in [0.4, 0.5) is 0 Å². The predicted molar refractivity (Wildman–Crippen MR) is 71.3 cm³/mol. The molecular weight excluding hydrogens is 291 g/mol. The van der Waals surface area contributed by atoms with Crippen LogP contribution in [0.5, 0.6) is 0 Å². The Morgan fingerprint density at radius 1 is 1.37 bits per heavy atom. The standard InChI is InChI=1S/C12H10Cl2N2O3/c13-8-1-2-10(9(14)5-8)16-6-7(3-4-17)11(15-16)12(18)19/h1-2,5-6,17H,3-4H2,(H,18,19). The number of halogens is 2. The van der Waals surface area contributed by atoms with Gasteiger partial charge in [0.1, 0.15) is 0 Å². The van der Waals surface area contributed by atoms with Crippen LogP contribution in [0.2, 0.25) is 10.0 Å². The Bertz CT molecular complexity index is 625. The van der Waals surface area contributed by atoms with E-state index in [4.69, 9.17) is 33.4 Å². The molecule has 0 bridgehead atoms. The van der Waals surface area contributed by atoms with Crippen molar-refractivity contribution in [2.45, 2.75) is 6.42 Å². The number of aromatic nitrogens is 2. The third-order valence-electron chi connectivity index (χ3n) is 2.53. The number of nitrogens with zero attached hydrogens (tertiary/aromatic N) is 2. The van der Waals surface area contributed by atoms with Crippen LogP contribution in [0.25, 0.3) is 5.69 Å². The van der Waals surface area contributed by atoms with Gasteiger partial charge in [0.2, 0.25) is 0 Å². The zero-order valence-electron chi connectivity index (χ0n) is 9.68. The quantitative estimate of drug-likeness (QED) is 0.909. The fourth-order valence-corrected chi connectivity index (χ4v) is 2.18. The fraction of sp³-hybridized carbons (Fsp3) is 0.167. The Kier molecular flexibility index (Phi) is 4.09. The summed E-state index contributed by atoms with van der Waals surface area (Å²) < 4.78 is 1.37. The van der Waals surface area contributed by atoms with Crippen molar-refractivity contribution in [1.82, 2.24) is 9.78 Å². The molecule has 0 radical (unpaired) electrons. The summed E-state index contributed by atoms with van der Waals surface area (Å²) in [7, 11) is 0. The smallest absolute Gasteiger partial charge is 0.356 e. The van der Waals surface area contributed by atoms with Gasteiger partial charge in [-0.2, -0.15) is 5.10 Å². The number of aliphatic hydroxyl groups excluding tert-OH is 1. The highest BCUT2D eigenvalue weighted by atomic mass is 35.5. The molecule has 1 heterocycles. The maximum absolute atomic E-state index is 11.1. The average Bonchev–Trinajstić information content (AvgIpc) is 2.73. The summed E-state index contributed by atoms with van der Waals surface area (Å²) in [6, 6.07) is 4.83. The van der Waals surface area contributed by atoms with Crippen LogP contribution in [0.3, 0.4) is 0 Å². The molecule has 2 N–H and O–H groups in total. The Labute approximate surface area is 119 Å². The number of benzene rings is 1. The van der Waals surface area contributed by atoms with Crippen molar-refractivity contribution in [2.24, 2.45) is 0 Å². The largest absolute Gasteiger partial charge is 0.476 e. The Hall–Kier alpha value is -1.56. The molecule has 0 unspecified atom stereocenters. The molecule has 5 nitrogen and oxygen atoms in total. The van der Waals surface area contributed by atoms with Gasteiger partial charge in [0.15, 0.2) is 5.69 Å². The van der Waals surface area contributed by atoms with Gasteiger partial charge < -0.3 is 10.2 Å². The minimum absolute atomic E-state index is 0.0972. The number of carboxylic acid groups (broad SMARTS) is 1. The molecule has 100 valence electrons. The number of carbonyl (C=O) groups is 1. The van der Waals surface area contributed by atoms with Crippen LogP contribution in [0, 0.1) is 0 Å². The van der Waals surface area contributed by atoms with Crippen molar-refractivity contribution in [3.8, 4) is 5.69 Å². The molecule has 0 saturated heterocycles. The lowest BCUT2D eigenvalue weighted by molar-refractivity contribution is 0.0688. The summed E-state index contributed by atoms with van der Waals surface area (Å²) in [6.07, 6.45) is 1.75. The highest BCUT2D eigenvalue weighted by Gasteiger charge is 2.17. The van der Waals surface area contributed by atoms with Crippen LogP contribution < -0.4 is 0 Å². The molecule has 7 heteroatoms. The molecule has 0 aliphatic carbocycles. The van der Waals surface area contributed by atoms with E-state index in [0.717, 1.165) is 0 Å². The van der Waals surface area contributed by atoms with Crippen LogP contribution in [-0.2, 0) is 6.42 Å². The minimum Gasteiger partial charge on any atom is -0.476 e. The lowest BCUT2D eigenvalue weighted by Crippen LogP contribution is -2.04. The first-order valence-electron chi connectivity index (χ1n) is 5.41. The number of carboxylic acids is 1. The maximum atomic E-state index is 11.1. The first-order chi connectivity index (χ1) is 9.02.